The highest BCUT2D eigenvalue weighted by Gasteiger charge is 2.12. The Balaban J connectivity index is 1.95. The minimum absolute atomic E-state index is 0.0114. The van der Waals surface area contributed by atoms with Crippen LogP contribution in [0, 0.1) is 5.92 Å². The van der Waals surface area contributed by atoms with Gasteiger partial charge in [-0.15, -0.1) is 0 Å². The summed E-state index contributed by atoms with van der Waals surface area (Å²) in [5.41, 5.74) is 2.00. The van der Waals surface area contributed by atoms with E-state index in [1.165, 1.54) is 0 Å². The maximum Gasteiger partial charge on any atom is 0.323 e. The molecule has 0 aromatic heterocycles. The molecule has 0 aliphatic carbocycles. The molecule has 5 heteroatoms. The number of hydrogen-bond acceptors (Lipinski definition) is 2. The number of para-hydroxylation sites is 1. The molecule has 0 saturated heterocycles. The highest BCUT2D eigenvalue weighted by atomic mass is 16.2. The van der Waals surface area contributed by atoms with E-state index in [4.69, 9.17) is 0 Å². The zero-order valence-corrected chi connectivity index (χ0v) is 14.0. The Bertz CT molecular complexity index is 686. The average molecular weight is 325 g/mol. The predicted molar refractivity (Wildman–Crippen MR) is 98.2 cm³/mol. The molecule has 2 rings (SSSR count). The molecule has 3 amide bonds. The molecule has 0 fully saturated rings. The monoisotopic (exact) mass is 325 g/mol. The molecule has 3 N–H and O–H groups in total. The van der Waals surface area contributed by atoms with E-state index in [9.17, 15) is 9.59 Å². The SMILES string of the molecule is CCCC(C)C(=O)Nc1cccc(NC(=O)Nc2ccccc2)c1. The van der Waals surface area contributed by atoms with Gasteiger partial charge in [0.05, 0.1) is 0 Å². The first kappa shape index (κ1) is 17.5. The molecule has 1 unspecified atom stereocenters. The topological polar surface area (TPSA) is 70.2 Å². The van der Waals surface area contributed by atoms with Crippen LogP contribution in [-0.2, 0) is 4.79 Å². The van der Waals surface area contributed by atoms with Crippen molar-refractivity contribution in [1.29, 1.82) is 0 Å². The summed E-state index contributed by atoms with van der Waals surface area (Å²) in [7, 11) is 0. The number of nitrogens with one attached hydrogen (secondary N) is 3. The van der Waals surface area contributed by atoms with Crippen molar-refractivity contribution in [2.45, 2.75) is 26.7 Å². The predicted octanol–water partition coefficient (Wildman–Crippen LogP) is 4.71. The van der Waals surface area contributed by atoms with Crippen molar-refractivity contribution >= 4 is 29.0 Å². The van der Waals surface area contributed by atoms with E-state index < -0.39 is 0 Å². The van der Waals surface area contributed by atoms with Gasteiger partial charge in [-0.3, -0.25) is 4.79 Å². The van der Waals surface area contributed by atoms with Gasteiger partial charge in [-0.1, -0.05) is 44.5 Å². The van der Waals surface area contributed by atoms with Gasteiger partial charge in [0.25, 0.3) is 0 Å². The lowest BCUT2D eigenvalue weighted by molar-refractivity contribution is -0.119. The number of benzene rings is 2. The highest BCUT2D eigenvalue weighted by molar-refractivity contribution is 6.00. The van der Waals surface area contributed by atoms with E-state index >= 15 is 0 Å². The van der Waals surface area contributed by atoms with Crippen molar-refractivity contribution < 1.29 is 9.59 Å². The van der Waals surface area contributed by atoms with Gasteiger partial charge in [0.15, 0.2) is 0 Å². The lowest BCUT2D eigenvalue weighted by Gasteiger charge is -2.12. The molecule has 0 heterocycles. The summed E-state index contributed by atoms with van der Waals surface area (Å²) in [6, 6.07) is 16.0. The van der Waals surface area contributed by atoms with Crippen molar-refractivity contribution in [3.8, 4) is 0 Å². The van der Waals surface area contributed by atoms with Crippen LogP contribution in [0.2, 0.25) is 0 Å². The number of amides is 3. The van der Waals surface area contributed by atoms with Gasteiger partial charge in [0.2, 0.25) is 5.91 Å². The van der Waals surface area contributed by atoms with Crippen LogP contribution in [0.15, 0.2) is 54.6 Å². The zero-order valence-electron chi connectivity index (χ0n) is 14.0. The molecule has 0 radical (unpaired) electrons. The van der Waals surface area contributed by atoms with Crippen LogP contribution >= 0.6 is 0 Å². The number of anilines is 3. The van der Waals surface area contributed by atoms with E-state index in [1.807, 2.05) is 37.3 Å². The first-order chi connectivity index (χ1) is 11.6. The second kappa shape index (κ2) is 8.72. The third-order valence-corrected chi connectivity index (χ3v) is 3.59. The third-order valence-electron chi connectivity index (χ3n) is 3.59. The van der Waals surface area contributed by atoms with Crippen molar-refractivity contribution in [3.63, 3.8) is 0 Å². The molecule has 1 atom stereocenters. The molecular formula is C19H23N3O2. The largest absolute Gasteiger partial charge is 0.326 e. The minimum Gasteiger partial charge on any atom is -0.326 e. The van der Waals surface area contributed by atoms with E-state index in [0.29, 0.717) is 17.1 Å². The van der Waals surface area contributed by atoms with Crippen LogP contribution in [0.3, 0.4) is 0 Å². The Morgan fingerprint density at radius 1 is 0.875 bits per heavy atom. The summed E-state index contributed by atoms with van der Waals surface area (Å²) in [6.45, 7) is 3.97. The summed E-state index contributed by atoms with van der Waals surface area (Å²) in [5, 5.41) is 8.38. The Hall–Kier alpha value is -2.82. The fourth-order valence-electron chi connectivity index (χ4n) is 2.32. The lowest BCUT2D eigenvalue weighted by Crippen LogP contribution is -2.21. The highest BCUT2D eigenvalue weighted by Crippen LogP contribution is 2.17. The number of urea groups is 1. The molecule has 2 aromatic carbocycles. The minimum atomic E-state index is -0.330. The molecule has 24 heavy (non-hydrogen) atoms. The van der Waals surface area contributed by atoms with Gasteiger partial charge in [-0.2, -0.15) is 0 Å². The Morgan fingerprint density at radius 3 is 2.12 bits per heavy atom. The lowest BCUT2D eigenvalue weighted by atomic mass is 10.1. The van der Waals surface area contributed by atoms with Crippen LogP contribution in [0.25, 0.3) is 0 Å². The van der Waals surface area contributed by atoms with Gasteiger partial charge in [-0.05, 0) is 36.8 Å². The molecule has 2 aromatic rings. The van der Waals surface area contributed by atoms with Gasteiger partial charge in [0, 0.05) is 23.0 Å². The van der Waals surface area contributed by atoms with Crippen molar-refractivity contribution in [2.24, 2.45) is 5.92 Å². The van der Waals surface area contributed by atoms with Crippen molar-refractivity contribution in [1.82, 2.24) is 0 Å². The smallest absolute Gasteiger partial charge is 0.323 e. The van der Waals surface area contributed by atoms with Crippen LogP contribution in [0.4, 0.5) is 21.9 Å². The number of carbonyl (C=O) groups is 2. The van der Waals surface area contributed by atoms with Crippen LogP contribution < -0.4 is 16.0 Å². The third kappa shape index (κ3) is 5.43. The molecule has 0 aliphatic heterocycles. The molecular weight excluding hydrogens is 302 g/mol. The number of hydrogen-bond donors (Lipinski definition) is 3. The fourth-order valence-corrected chi connectivity index (χ4v) is 2.32. The number of rotatable bonds is 6. The van der Waals surface area contributed by atoms with E-state index in [1.54, 1.807) is 24.3 Å². The molecule has 0 bridgehead atoms. The van der Waals surface area contributed by atoms with Crippen LogP contribution in [0.5, 0.6) is 0 Å². The summed E-state index contributed by atoms with van der Waals surface area (Å²) >= 11 is 0. The summed E-state index contributed by atoms with van der Waals surface area (Å²) in [6.07, 6.45) is 1.82. The van der Waals surface area contributed by atoms with Gasteiger partial charge < -0.3 is 16.0 Å². The van der Waals surface area contributed by atoms with E-state index in [0.717, 1.165) is 12.8 Å². The molecule has 0 spiro atoms. The first-order valence-electron chi connectivity index (χ1n) is 8.12. The van der Waals surface area contributed by atoms with Gasteiger partial charge >= 0.3 is 6.03 Å². The van der Waals surface area contributed by atoms with Gasteiger partial charge in [-0.25, -0.2) is 4.79 Å². The van der Waals surface area contributed by atoms with Crippen LogP contribution in [-0.4, -0.2) is 11.9 Å². The molecule has 126 valence electrons. The molecule has 5 nitrogen and oxygen atoms in total. The fraction of sp³-hybridized carbons (Fsp3) is 0.263. The quantitative estimate of drug-likeness (QED) is 0.720. The zero-order chi connectivity index (χ0) is 17.4. The first-order valence-corrected chi connectivity index (χ1v) is 8.12. The number of carbonyl (C=O) groups excluding carboxylic acids is 2. The molecule has 0 aliphatic rings. The Morgan fingerprint density at radius 2 is 1.46 bits per heavy atom. The summed E-state index contributed by atoms with van der Waals surface area (Å²) in [4.78, 5) is 24.1. The summed E-state index contributed by atoms with van der Waals surface area (Å²) in [5.74, 6) is -0.0456. The van der Waals surface area contributed by atoms with Crippen LogP contribution in [0.1, 0.15) is 26.7 Å². The Labute approximate surface area is 142 Å². The normalized spacial score (nSPS) is 11.4. The standard InChI is InChI=1S/C19H23N3O2/c1-3-8-14(2)18(23)20-16-11-7-12-17(13-16)22-19(24)21-15-9-5-4-6-10-15/h4-7,9-14H,3,8H2,1-2H3,(H,20,23)(H2,21,22,24). The maximum absolute atomic E-state index is 12.1. The van der Waals surface area contributed by atoms with E-state index in [-0.39, 0.29) is 17.9 Å². The summed E-state index contributed by atoms with van der Waals surface area (Å²) < 4.78 is 0. The Kier molecular flexibility index (Phi) is 6.37. The second-order valence-electron chi connectivity index (χ2n) is 5.70. The van der Waals surface area contributed by atoms with E-state index in [2.05, 4.69) is 22.9 Å². The van der Waals surface area contributed by atoms with Crippen molar-refractivity contribution in [2.75, 3.05) is 16.0 Å². The maximum atomic E-state index is 12.1. The second-order valence-corrected chi connectivity index (χ2v) is 5.70. The molecule has 0 saturated carbocycles. The van der Waals surface area contributed by atoms with Crippen molar-refractivity contribution in [3.05, 3.63) is 54.6 Å². The average Bonchev–Trinajstić information content (AvgIpc) is 2.56. The van der Waals surface area contributed by atoms with Gasteiger partial charge in [0.1, 0.15) is 0 Å².